The number of ether oxygens (including phenoxy) is 3. The number of carbonyl (C=O) groups excluding carboxylic acids is 3. The molecule has 9 heteroatoms. The Bertz CT molecular complexity index is 835. The molecule has 0 heterocycles. The first-order chi connectivity index (χ1) is 15.8. The third kappa shape index (κ3) is 10.5. The second kappa shape index (κ2) is 15.0. The molecule has 34 heavy (non-hydrogen) atoms. The number of esters is 3. The Morgan fingerprint density at radius 2 is 1.56 bits per heavy atom. The fraction of sp³-hybridized carbons (Fsp3) is 0.800. The van der Waals surface area contributed by atoms with Gasteiger partial charge in [0.1, 0.15) is 0 Å². The van der Waals surface area contributed by atoms with E-state index in [1.165, 1.54) is 14.0 Å². The van der Waals surface area contributed by atoms with Crippen molar-refractivity contribution in [1.82, 2.24) is 0 Å². The lowest BCUT2D eigenvalue weighted by Gasteiger charge is -2.30. The van der Waals surface area contributed by atoms with Crippen LogP contribution < -0.4 is 0 Å². The summed E-state index contributed by atoms with van der Waals surface area (Å²) in [6.07, 6.45) is 5.43. The van der Waals surface area contributed by atoms with Crippen LogP contribution in [0.1, 0.15) is 91.9 Å². The molecule has 0 saturated carbocycles. The maximum atomic E-state index is 12.8. The highest BCUT2D eigenvalue weighted by molar-refractivity contribution is 7.92. The van der Waals surface area contributed by atoms with E-state index in [9.17, 15) is 22.8 Å². The van der Waals surface area contributed by atoms with Gasteiger partial charge in [-0.25, -0.2) is 8.42 Å². The molecule has 0 rings (SSSR count). The second-order valence-corrected chi connectivity index (χ2v) is 11.7. The minimum atomic E-state index is -3.88. The van der Waals surface area contributed by atoms with E-state index in [4.69, 9.17) is 9.47 Å². The van der Waals surface area contributed by atoms with Gasteiger partial charge >= 0.3 is 17.9 Å². The van der Waals surface area contributed by atoms with Gasteiger partial charge in [-0.15, -0.1) is 0 Å². The van der Waals surface area contributed by atoms with Crippen molar-refractivity contribution < 1.29 is 37.0 Å². The molecule has 0 amide bonds. The van der Waals surface area contributed by atoms with Gasteiger partial charge in [-0.05, 0) is 19.3 Å². The van der Waals surface area contributed by atoms with Crippen molar-refractivity contribution >= 4 is 27.7 Å². The molecule has 0 aromatic carbocycles. The van der Waals surface area contributed by atoms with Crippen molar-refractivity contribution in [1.29, 1.82) is 0 Å². The molecule has 0 aliphatic carbocycles. The van der Waals surface area contributed by atoms with Gasteiger partial charge in [0.2, 0.25) is 0 Å². The van der Waals surface area contributed by atoms with Gasteiger partial charge in [-0.1, -0.05) is 64.7 Å². The Kier molecular flexibility index (Phi) is 14.1. The number of hydrogen-bond acceptors (Lipinski definition) is 8. The van der Waals surface area contributed by atoms with Crippen molar-refractivity contribution in [3.05, 3.63) is 0 Å². The average molecular weight is 503 g/mol. The third-order valence-corrected chi connectivity index (χ3v) is 7.92. The zero-order valence-electron chi connectivity index (χ0n) is 21.8. The van der Waals surface area contributed by atoms with Crippen LogP contribution in [0.25, 0.3) is 0 Å². The maximum absolute atomic E-state index is 12.8. The summed E-state index contributed by atoms with van der Waals surface area (Å²) in [6, 6.07) is 0. The first-order valence-electron chi connectivity index (χ1n) is 11.8. The minimum Gasteiger partial charge on any atom is -0.469 e. The van der Waals surface area contributed by atoms with E-state index in [0.29, 0.717) is 32.1 Å². The highest BCUT2D eigenvalue weighted by atomic mass is 32.2. The molecule has 0 aliphatic heterocycles. The Morgan fingerprint density at radius 3 is 2.06 bits per heavy atom. The molecule has 0 aromatic heterocycles. The maximum Gasteiger partial charge on any atom is 0.328 e. The van der Waals surface area contributed by atoms with Crippen LogP contribution >= 0.6 is 0 Å². The topological polar surface area (TPSA) is 113 Å². The van der Waals surface area contributed by atoms with E-state index in [2.05, 4.69) is 23.5 Å². The Balaban J connectivity index is 5.69. The van der Waals surface area contributed by atoms with Crippen molar-refractivity contribution in [2.45, 2.75) is 103 Å². The minimum absolute atomic E-state index is 0.0445. The summed E-state index contributed by atoms with van der Waals surface area (Å²) in [4.78, 5) is 35.6. The van der Waals surface area contributed by atoms with E-state index in [0.717, 1.165) is 32.6 Å². The van der Waals surface area contributed by atoms with Crippen LogP contribution in [0.4, 0.5) is 0 Å². The van der Waals surface area contributed by atoms with Crippen molar-refractivity contribution in [3.63, 3.8) is 0 Å². The van der Waals surface area contributed by atoms with E-state index in [1.807, 2.05) is 13.8 Å². The normalized spacial score (nSPS) is 14.2. The van der Waals surface area contributed by atoms with Crippen molar-refractivity contribution in [2.75, 3.05) is 20.5 Å². The number of rotatable bonds is 15. The first-order valence-corrected chi connectivity index (χ1v) is 13.7. The molecule has 8 nitrogen and oxygen atoms in total. The predicted molar refractivity (Wildman–Crippen MR) is 131 cm³/mol. The smallest absolute Gasteiger partial charge is 0.328 e. The number of hydrogen-bond donors (Lipinski definition) is 0. The second-order valence-electron chi connectivity index (χ2n) is 9.33. The van der Waals surface area contributed by atoms with Gasteiger partial charge in [0.25, 0.3) is 0 Å². The molecule has 0 spiro atoms. The lowest BCUT2D eigenvalue weighted by Crippen LogP contribution is -2.46. The largest absolute Gasteiger partial charge is 0.469 e. The summed E-state index contributed by atoms with van der Waals surface area (Å²) in [5, 5.41) is 0. The quantitative estimate of drug-likeness (QED) is 0.143. The fourth-order valence-electron chi connectivity index (χ4n) is 3.65. The van der Waals surface area contributed by atoms with Crippen LogP contribution in [-0.2, 0) is 38.4 Å². The lowest BCUT2D eigenvalue weighted by atomic mass is 9.81. The van der Waals surface area contributed by atoms with Gasteiger partial charge in [0, 0.05) is 31.4 Å². The number of methoxy groups -OCH3 is 2. The standard InChI is InChI=1S/C25H42O8S/c1-8-9-17-24(3,4)21(33-20(2)26)15-14-19-25(23(28)32-6,34(7,29)30)18-13-11-10-12-16-22(27)31-5/h21H,8-13,16-19H2,1-7H3. The molecular weight excluding hydrogens is 460 g/mol. The third-order valence-electron chi connectivity index (χ3n) is 5.98. The Labute approximate surface area is 205 Å². The first kappa shape index (κ1) is 31.9. The molecule has 0 bridgehead atoms. The Morgan fingerprint density at radius 1 is 0.941 bits per heavy atom. The molecule has 196 valence electrons. The van der Waals surface area contributed by atoms with E-state index in [1.54, 1.807) is 0 Å². The molecule has 0 fully saturated rings. The van der Waals surface area contributed by atoms with Crippen molar-refractivity contribution in [3.8, 4) is 11.8 Å². The summed E-state index contributed by atoms with van der Waals surface area (Å²) in [5.74, 6) is 4.14. The zero-order valence-corrected chi connectivity index (χ0v) is 22.6. The molecule has 0 aromatic rings. The van der Waals surface area contributed by atoms with Crippen LogP contribution in [0, 0.1) is 17.3 Å². The van der Waals surface area contributed by atoms with E-state index in [-0.39, 0.29) is 18.8 Å². The summed E-state index contributed by atoms with van der Waals surface area (Å²) in [7, 11) is -1.39. The SMILES string of the molecule is CCCCC(C)(C)C(C#CCC(CCCCCCC(=O)OC)(C(=O)OC)S(C)(=O)=O)OC(C)=O. The molecular formula is C25H42O8S. The van der Waals surface area contributed by atoms with Gasteiger partial charge in [-0.3, -0.25) is 14.4 Å². The zero-order chi connectivity index (χ0) is 26.4. The summed E-state index contributed by atoms with van der Waals surface area (Å²) >= 11 is 0. The Hall–Kier alpha value is -2.08. The van der Waals surface area contributed by atoms with Gasteiger partial charge in [-0.2, -0.15) is 0 Å². The van der Waals surface area contributed by atoms with Crippen LogP contribution in [0.3, 0.4) is 0 Å². The van der Waals surface area contributed by atoms with Gasteiger partial charge < -0.3 is 14.2 Å². The van der Waals surface area contributed by atoms with Crippen molar-refractivity contribution in [2.24, 2.45) is 5.41 Å². The fourth-order valence-corrected chi connectivity index (χ4v) is 4.89. The number of sulfone groups is 1. The van der Waals surface area contributed by atoms with Crippen LogP contribution in [-0.4, -0.2) is 57.7 Å². The van der Waals surface area contributed by atoms with Gasteiger partial charge in [0.05, 0.1) is 14.2 Å². The van der Waals surface area contributed by atoms with Crippen LogP contribution in [0.5, 0.6) is 0 Å². The molecule has 0 saturated heterocycles. The van der Waals surface area contributed by atoms with E-state index >= 15 is 0 Å². The molecule has 0 radical (unpaired) electrons. The van der Waals surface area contributed by atoms with Crippen LogP contribution in [0.15, 0.2) is 0 Å². The highest BCUT2D eigenvalue weighted by Crippen LogP contribution is 2.32. The number of unbranched alkanes of at least 4 members (excludes halogenated alkanes) is 4. The number of carbonyl (C=O) groups is 3. The van der Waals surface area contributed by atoms with Gasteiger partial charge in [0.15, 0.2) is 20.7 Å². The monoisotopic (exact) mass is 502 g/mol. The predicted octanol–water partition coefficient (Wildman–Crippen LogP) is 4.00. The summed E-state index contributed by atoms with van der Waals surface area (Å²) < 4.78 is 38.7. The molecule has 0 aliphatic rings. The van der Waals surface area contributed by atoms with Crippen LogP contribution in [0.2, 0.25) is 0 Å². The van der Waals surface area contributed by atoms with E-state index < -0.39 is 38.0 Å². The molecule has 2 atom stereocenters. The lowest BCUT2D eigenvalue weighted by molar-refractivity contribution is -0.148. The summed E-state index contributed by atoms with van der Waals surface area (Å²) in [5.41, 5.74) is -0.437. The average Bonchev–Trinajstić information content (AvgIpc) is 2.75. The molecule has 2 unspecified atom stereocenters. The summed E-state index contributed by atoms with van der Waals surface area (Å²) in [6.45, 7) is 7.27. The highest BCUT2D eigenvalue weighted by Gasteiger charge is 2.48. The molecule has 0 N–H and O–H groups in total.